The van der Waals surface area contributed by atoms with E-state index in [2.05, 4.69) is 10.2 Å². The number of nitrogens with zero attached hydrogens (tertiary/aromatic N) is 1. The number of carbonyl (C=O) groups is 1. The fourth-order valence-electron chi connectivity index (χ4n) is 1.48. The smallest absolute Gasteiger partial charge is 0.151 e. The molecule has 0 aromatic heterocycles. The van der Waals surface area contributed by atoms with E-state index in [1.807, 2.05) is 38.4 Å². The lowest BCUT2D eigenvalue weighted by atomic mass is 10.2. The molecule has 0 bridgehead atoms. The van der Waals surface area contributed by atoms with E-state index in [0.29, 0.717) is 13.0 Å². The number of anilines is 2. The lowest BCUT2D eigenvalue weighted by molar-refractivity contribution is -0.117. The Labute approximate surface area is 103 Å². The predicted molar refractivity (Wildman–Crippen MR) is 72.1 cm³/mol. The van der Waals surface area contributed by atoms with Gasteiger partial charge in [-0.05, 0) is 51.3 Å². The third-order valence-electron chi connectivity index (χ3n) is 2.46. The lowest BCUT2D eigenvalue weighted by Gasteiger charge is -2.09. The highest BCUT2D eigenvalue weighted by atomic mass is 16.1. The number of nitrogen functional groups attached to an aromatic ring is 1. The average Bonchev–Trinajstić information content (AvgIpc) is 2.28. The zero-order valence-corrected chi connectivity index (χ0v) is 10.6. The van der Waals surface area contributed by atoms with E-state index in [0.717, 1.165) is 24.3 Å². The molecular weight excluding hydrogens is 214 g/mol. The van der Waals surface area contributed by atoms with Crippen molar-refractivity contribution in [1.82, 2.24) is 4.90 Å². The van der Waals surface area contributed by atoms with Gasteiger partial charge in [0.1, 0.15) is 0 Å². The van der Waals surface area contributed by atoms with E-state index in [9.17, 15) is 4.79 Å². The van der Waals surface area contributed by atoms with Gasteiger partial charge >= 0.3 is 0 Å². The minimum absolute atomic E-state index is 0.240. The van der Waals surface area contributed by atoms with Gasteiger partial charge in [-0.1, -0.05) is 0 Å². The van der Waals surface area contributed by atoms with Crippen molar-refractivity contribution in [2.45, 2.75) is 12.8 Å². The summed E-state index contributed by atoms with van der Waals surface area (Å²) in [5, 5.41) is 3.09. The minimum Gasteiger partial charge on any atom is -0.399 e. The summed E-state index contributed by atoms with van der Waals surface area (Å²) in [7, 11) is 4.02. The fraction of sp³-hybridized carbons (Fsp3) is 0.462. The van der Waals surface area contributed by atoms with Crippen molar-refractivity contribution in [3.63, 3.8) is 0 Å². The maximum atomic E-state index is 11.6. The van der Waals surface area contributed by atoms with Crippen molar-refractivity contribution in [3.05, 3.63) is 24.3 Å². The molecule has 0 atom stereocenters. The molecule has 0 heterocycles. The maximum absolute atomic E-state index is 11.6. The van der Waals surface area contributed by atoms with Gasteiger partial charge in [-0.3, -0.25) is 4.79 Å². The summed E-state index contributed by atoms with van der Waals surface area (Å²) >= 11 is 0. The fourth-order valence-corrected chi connectivity index (χ4v) is 1.48. The molecule has 4 nitrogen and oxygen atoms in total. The maximum Gasteiger partial charge on any atom is 0.151 e. The van der Waals surface area contributed by atoms with Crippen LogP contribution < -0.4 is 11.1 Å². The molecule has 0 radical (unpaired) electrons. The van der Waals surface area contributed by atoms with Crippen LogP contribution in [-0.4, -0.2) is 37.9 Å². The van der Waals surface area contributed by atoms with Crippen molar-refractivity contribution in [1.29, 1.82) is 0 Å². The summed E-state index contributed by atoms with van der Waals surface area (Å²) in [5.74, 6) is 0.240. The van der Waals surface area contributed by atoms with Crippen molar-refractivity contribution in [2.24, 2.45) is 0 Å². The number of nitrogens with one attached hydrogen (secondary N) is 1. The van der Waals surface area contributed by atoms with Crippen LogP contribution in [0.5, 0.6) is 0 Å². The number of Topliss-reactive ketones (excluding diaryl/α,β-unsaturated/α-hetero) is 1. The van der Waals surface area contributed by atoms with Crippen LogP contribution in [0.1, 0.15) is 12.8 Å². The summed E-state index contributed by atoms with van der Waals surface area (Å²) in [5.41, 5.74) is 7.24. The van der Waals surface area contributed by atoms with Gasteiger partial charge in [-0.15, -0.1) is 0 Å². The van der Waals surface area contributed by atoms with Crippen LogP contribution in [-0.2, 0) is 4.79 Å². The zero-order valence-electron chi connectivity index (χ0n) is 10.6. The van der Waals surface area contributed by atoms with Crippen molar-refractivity contribution in [3.8, 4) is 0 Å². The second-order valence-electron chi connectivity index (χ2n) is 4.42. The molecule has 0 unspecified atom stereocenters. The minimum atomic E-state index is 0.240. The molecule has 0 amide bonds. The van der Waals surface area contributed by atoms with E-state index in [1.165, 1.54) is 0 Å². The Bertz CT molecular complexity index is 346. The number of hydrogen-bond acceptors (Lipinski definition) is 4. The highest BCUT2D eigenvalue weighted by Crippen LogP contribution is 2.10. The van der Waals surface area contributed by atoms with Gasteiger partial charge in [0.15, 0.2) is 5.78 Å². The van der Waals surface area contributed by atoms with Gasteiger partial charge in [-0.25, -0.2) is 0 Å². The number of ketones is 1. The summed E-state index contributed by atoms with van der Waals surface area (Å²) in [4.78, 5) is 13.6. The summed E-state index contributed by atoms with van der Waals surface area (Å²) in [6, 6.07) is 7.39. The molecule has 0 aliphatic rings. The van der Waals surface area contributed by atoms with Crippen LogP contribution in [0.4, 0.5) is 11.4 Å². The van der Waals surface area contributed by atoms with Gasteiger partial charge < -0.3 is 16.0 Å². The van der Waals surface area contributed by atoms with Gasteiger partial charge in [0.05, 0.1) is 6.54 Å². The Morgan fingerprint density at radius 3 is 2.53 bits per heavy atom. The second kappa shape index (κ2) is 6.91. The van der Waals surface area contributed by atoms with Crippen molar-refractivity contribution < 1.29 is 4.79 Å². The molecule has 4 heteroatoms. The second-order valence-corrected chi connectivity index (χ2v) is 4.42. The van der Waals surface area contributed by atoms with Crippen LogP contribution in [0.2, 0.25) is 0 Å². The zero-order chi connectivity index (χ0) is 12.7. The van der Waals surface area contributed by atoms with Crippen LogP contribution in [0.15, 0.2) is 24.3 Å². The van der Waals surface area contributed by atoms with Crippen LogP contribution >= 0.6 is 0 Å². The first-order valence-electron chi connectivity index (χ1n) is 5.84. The molecule has 1 aromatic carbocycles. The Morgan fingerprint density at radius 1 is 1.29 bits per heavy atom. The molecule has 0 aliphatic carbocycles. The lowest BCUT2D eigenvalue weighted by Crippen LogP contribution is -2.17. The standard InChI is InChI=1S/C13H21N3O/c1-16(2)9-3-4-13(17)10-15-12-7-5-11(14)6-8-12/h5-8,15H,3-4,9-10,14H2,1-2H3. The van der Waals surface area contributed by atoms with Crippen LogP contribution in [0.25, 0.3) is 0 Å². The first kappa shape index (κ1) is 13.5. The molecule has 0 aliphatic heterocycles. The molecule has 0 saturated carbocycles. The normalized spacial score (nSPS) is 10.5. The topological polar surface area (TPSA) is 58.4 Å². The van der Waals surface area contributed by atoms with Crippen molar-refractivity contribution >= 4 is 17.2 Å². The third-order valence-corrected chi connectivity index (χ3v) is 2.46. The summed E-state index contributed by atoms with van der Waals surface area (Å²) in [6.45, 7) is 1.34. The highest BCUT2D eigenvalue weighted by molar-refractivity contribution is 5.82. The highest BCUT2D eigenvalue weighted by Gasteiger charge is 2.02. The van der Waals surface area contributed by atoms with E-state index >= 15 is 0 Å². The van der Waals surface area contributed by atoms with E-state index in [1.54, 1.807) is 0 Å². The molecule has 17 heavy (non-hydrogen) atoms. The monoisotopic (exact) mass is 235 g/mol. The number of rotatable bonds is 7. The third kappa shape index (κ3) is 5.92. The molecule has 0 spiro atoms. The Hall–Kier alpha value is -1.55. The molecule has 1 aromatic rings. The van der Waals surface area contributed by atoms with E-state index < -0.39 is 0 Å². The average molecular weight is 235 g/mol. The summed E-state index contributed by atoms with van der Waals surface area (Å²) in [6.07, 6.45) is 1.54. The van der Waals surface area contributed by atoms with Gasteiger partial charge in [0.25, 0.3) is 0 Å². The van der Waals surface area contributed by atoms with Gasteiger partial charge in [-0.2, -0.15) is 0 Å². The first-order valence-corrected chi connectivity index (χ1v) is 5.84. The Morgan fingerprint density at radius 2 is 1.94 bits per heavy atom. The molecule has 3 N–H and O–H groups in total. The Kier molecular flexibility index (Phi) is 5.49. The quantitative estimate of drug-likeness (QED) is 0.705. The molecular formula is C13H21N3O. The predicted octanol–water partition coefficient (Wildman–Crippen LogP) is 1.59. The van der Waals surface area contributed by atoms with E-state index in [-0.39, 0.29) is 5.78 Å². The largest absolute Gasteiger partial charge is 0.399 e. The number of nitrogens with two attached hydrogens (primary N) is 1. The molecule has 0 fully saturated rings. The summed E-state index contributed by atoms with van der Waals surface area (Å²) < 4.78 is 0. The molecule has 1 rings (SSSR count). The van der Waals surface area contributed by atoms with Gasteiger partial charge in [0, 0.05) is 17.8 Å². The number of benzene rings is 1. The van der Waals surface area contributed by atoms with Gasteiger partial charge in [0.2, 0.25) is 0 Å². The Balaban J connectivity index is 2.21. The number of hydrogen-bond donors (Lipinski definition) is 2. The van der Waals surface area contributed by atoms with Crippen LogP contribution in [0.3, 0.4) is 0 Å². The number of carbonyl (C=O) groups excluding carboxylic acids is 1. The van der Waals surface area contributed by atoms with Crippen molar-refractivity contribution in [2.75, 3.05) is 38.2 Å². The molecule has 0 saturated heterocycles. The molecule has 94 valence electrons. The SMILES string of the molecule is CN(C)CCCC(=O)CNc1ccc(N)cc1. The van der Waals surface area contributed by atoms with E-state index in [4.69, 9.17) is 5.73 Å². The first-order chi connectivity index (χ1) is 8.08. The van der Waals surface area contributed by atoms with Crippen LogP contribution in [0, 0.1) is 0 Å².